The van der Waals surface area contributed by atoms with Crippen molar-refractivity contribution in [1.82, 2.24) is 5.32 Å². The second-order valence-corrected chi connectivity index (χ2v) is 4.18. The summed E-state index contributed by atoms with van der Waals surface area (Å²) in [5.74, 6) is 0.878. The van der Waals surface area contributed by atoms with Crippen LogP contribution in [0.4, 0.5) is 0 Å². The fourth-order valence-electron chi connectivity index (χ4n) is 1.54. The summed E-state index contributed by atoms with van der Waals surface area (Å²) in [6.07, 6.45) is 1.38. The van der Waals surface area contributed by atoms with Crippen LogP contribution in [0.1, 0.15) is 25.8 Å². The molecule has 3 heteroatoms. The minimum atomic E-state index is 0.229. The van der Waals surface area contributed by atoms with Crippen LogP contribution in [0.25, 0.3) is 0 Å². The van der Waals surface area contributed by atoms with Crippen LogP contribution in [-0.2, 0) is 11.3 Å². The topological polar surface area (TPSA) is 30.5 Å². The summed E-state index contributed by atoms with van der Waals surface area (Å²) in [5.41, 5.74) is 1.15. The molecular weight excluding hydrogens is 214 g/mol. The lowest BCUT2D eigenvalue weighted by Gasteiger charge is -2.14. The van der Waals surface area contributed by atoms with Crippen LogP contribution in [0, 0.1) is 0 Å². The van der Waals surface area contributed by atoms with Gasteiger partial charge in [0.2, 0.25) is 0 Å². The maximum absolute atomic E-state index is 5.76. The predicted octanol–water partition coefficient (Wildman–Crippen LogP) is 2.60. The first-order valence-corrected chi connectivity index (χ1v) is 6.21. The average Bonchev–Trinajstić information content (AvgIpc) is 2.37. The number of nitrogens with one attached hydrogen (secondary N) is 1. The molecule has 1 rings (SSSR count). The van der Waals surface area contributed by atoms with E-state index in [0.717, 1.165) is 30.8 Å². The molecule has 96 valence electrons. The van der Waals surface area contributed by atoms with Gasteiger partial charge in [0.05, 0.1) is 19.8 Å². The smallest absolute Gasteiger partial charge is 0.119 e. The van der Waals surface area contributed by atoms with E-state index >= 15 is 0 Å². The molecule has 0 aliphatic heterocycles. The van der Waals surface area contributed by atoms with E-state index in [9.17, 15) is 0 Å². The van der Waals surface area contributed by atoms with Gasteiger partial charge >= 0.3 is 0 Å². The number of methoxy groups -OCH3 is 1. The molecule has 17 heavy (non-hydrogen) atoms. The highest BCUT2D eigenvalue weighted by Gasteiger charge is 2.02. The maximum atomic E-state index is 5.76. The van der Waals surface area contributed by atoms with Crippen LogP contribution in [0.5, 0.6) is 5.75 Å². The summed E-state index contributed by atoms with van der Waals surface area (Å²) in [6.45, 7) is 6.83. The second-order valence-electron chi connectivity index (χ2n) is 4.18. The Bertz CT molecular complexity index is 315. The van der Waals surface area contributed by atoms with Gasteiger partial charge in [0, 0.05) is 6.54 Å². The normalized spacial score (nSPS) is 12.4. The highest BCUT2D eigenvalue weighted by atomic mass is 16.5. The summed E-state index contributed by atoms with van der Waals surface area (Å²) in [6, 6.07) is 7.98. The Morgan fingerprint density at radius 3 is 2.88 bits per heavy atom. The van der Waals surface area contributed by atoms with Crippen molar-refractivity contribution < 1.29 is 9.47 Å². The van der Waals surface area contributed by atoms with Gasteiger partial charge in [-0.2, -0.15) is 0 Å². The first-order valence-electron chi connectivity index (χ1n) is 6.21. The highest BCUT2D eigenvalue weighted by Crippen LogP contribution is 2.13. The van der Waals surface area contributed by atoms with Crippen molar-refractivity contribution in [2.75, 3.05) is 20.2 Å². The maximum Gasteiger partial charge on any atom is 0.119 e. The molecule has 3 nitrogen and oxygen atoms in total. The first-order chi connectivity index (χ1) is 8.26. The molecule has 0 saturated carbocycles. The lowest BCUT2D eigenvalue weighted by Crippen LogP contribution is -2.27. The molecule has 1 atom stereocenters. The van der Waals surface area contributed by atoms with E-state index < -0.39 is 0 Å². The van der Waals surface area contributed by atoms with Gasteiger partial charge in [-0.3, -0.25) is 0 Å². The largest absolute Gasteiger partial charge is 0.497 e. The second kappa shape index (κ2) is 8.09. The number of hydrogen-bond acceptors (Lipinski definition) is 3. The fourth-order valence-corrected chi connectivity index (χ4v) is 1.54. The quantitative estimate of drug-likeness (QED) is 0.705. The third-order valence-electron chi connectivity index (χ3n) is 2.53. The molecule has 1 unspecified atom stereocenters. The van der Waals surface area contributed by atoms with Crippen LogP contribution in [0.2, 0.25) is 0 Å². The van der Waals surface area contributed by atoms with E-state index in [0.29, 0.717) is 6.61 Å². The summed E-state index contributed by atoms with van der Waals surface area (Å²) in [5, 5.41) is 3.34. The molecule has 0 amide bonds. The minimum absolute atomic E-state index is 0.229. The minimum Gasteiger partial charge on any atom is -0.497 e. The van der Waals surface area contributed by atoms with E-state index in [-0.39, 0.29) is 6.10 Å². The molecule has 0 radical (unpaired) electrons. The van der Waals surface area contributed by atoms with Crippen LogP contribution in [0.15, 0.2) is 24.3 Å². The zero-order valence-electron chi connectivity index (χ0n) is 11.0. The van der Waals surface area contributed by atoms with Gasteiger partial charge in [-0.15, -0.1) is 0 Å². The predicted molar refractivity (Wildman–Crippen MR) is 70.4 cm³/mol. The Labute approximate surface area is 104 Å². The van der Waals surface area contributed by atoms with Crippen LogP contribution >= 0.6 is 0 Å². The monoisotopic (exact) mass is 237 g/mol. The fraction of sp³-hybridized carbons (Fsp3) is 0.571. The standard InChI is InChI=1S/C14H23NO2/c1-4-8-15-10-12(2)17-11-13-6-5-7-14(9-13)16-3/h5-7,9,12,15H,4,8,10-11H2,1-3H3. The summed E-state index contributed by atoms with van der Waals surface area (Å²) in [4.78, 5) is 0. The molecule has 0 bridgehead atoms. The Morgan fingerprint density at radius 1 is 1.35 bits per heavy atom. The van der Waals surface area contributed by atoms with Gasteiger partial charge < -0.3 is 14.8 Å². The molecule has 0 spiro atoms. The molecule has 0 heterocycles. The van der Waals surface area contributed by atoms with E-state index in [2.05, 4.69) is 25.2 Å². The molecule has 0 aliphatic carbocycles. The lowest BCUT2D eigenvalue weighted by atomic mass is 10.2. The third-order valence-corrected chi connectivity index (χ3v) is 2.53. The van der Waals surface area contributed by atoms with Crippen molar-refractivity contribution in [1.29, 1.82) is 0 Å². The Hall–Kier alpha value is -1.06. The van der Waals surface area contributed by atoms with Crippen molar-refractivity contribution in [3.63, 3.8) is 0 Å². The van der Waals surface area contributed by atoms with Crippen molar-refractivity contribution in [3.05, 3.63) is 29.8 Å². The first kappa shape index (κ1) is 14.0. The summed E-state index contributed by atoms with van der Waals surface area (Å²) < 4.78 is 10.9. The van der Waals surface area contributed by atoms with Gasteiger partial charge in [0.25, 0.3) is 0 Å². The van der Waals surface area contributed by atoms with Crippen LogP contribution < -0.4 is 10.1 Å². The Balaban J connectivity index is 2.28. The molecule has 0 aromatic heterocycles. The van der Waals surface area contributed by atoms with Gasteiger partial charge in [0.1, 0.15) is 5.75 Å². The summed E-state index contributed by atoms with van der Waals surface area (Å²) in [7, 11) is 1.68. The number of ether oxygens (including phenoxy) is 2. The van der Waals surface area contributed by atoms with Crippen molar-refractivity contribution in [2.24, 2.45) is 0 Å². The van der Waals surface area contributed by atoms with Crippen molar-refractivity contribution in [2.45, 2.75) is 33.0 Å². The van der Waals surface area contributed by atoms with Crippen LogP contribution in [0.3, 0.4) is 0 Å². The van der Waals surface area contributed by atoms with E-state index in [1.807, 2.05) is 18.2 Å². The molecule has 1 aromatic rings. The zero-order valence-corrected chi connectivity index (χ0v) is 11.0. The Kier molecular flexibility index (Phi) is 6.67. The molecule has 0 saturated heterocycles. The van der Waals surface area contributed by atoms with Crippen LogP contribution in [-0.4, -0.2) is 26.3 Å². The number of rotatable bonds is 8. The van der Waals surface area contributed by atoms with Gasteiger partial charge in [-0.1, -0.05) is 19.1 Å². The molecule has 0 aliphatic rings. The lowest BCUT2D eigenvalue weighted by molar-refractivity contribution is 0.0533. The van der Waals surface area contributed by atoms with E-state index in [1.165, 1.54) is 0 Å². The van der Waals surface area contributed by atoms with Crippen molar-refractivity contribution in [3.8, 4) is 5.75 Å². The average molecular weight is 237 g/mol. The molecule has 1 N–H and O–H groups in total. The van der Waals surface area contributed by atoms with E-state index in [4.69, 9.17) is 9.47 Å². The highest BCUT2D eigenvalue weighted by molar-refractivity contribution is 5.27. The van der Waals surface area contributed by atoms with Crippen molar-refractivity contribution >= 4 is 0 Å². The van der Waals surface area contributed by atoms with Gasteiger partial charge in [0.15, 0.2) is 0 Å². The van der Waals surface area contributed by atoms with E-state index in [1.54, 1.807) is 7.11 Å². The zero-order chi connectivity index (χ0) is 12.5. The SMILES string of the molecule is CCCNCC(C)OCc1cccc(OC)c1. The molecule has 1 aromatic carbocycles. The Morgan fingerprint density at radius 2 is 2.18 bits per heavy atom. The third kappa shape index (κ3) is 5.71. The molecular formula is C14H23NO2. The summed E-state index contributed by atoms with van der Waals surface area (Å²) >= 11 is 0. The number of hydrogen-bond donors (Lipinski definition) is 1. The molecule has 0 fully saturated rings. The van der Waals surface area contributed by atoms with Gasteiger partial charge in [-0.25, -0.2) is 0 Å². The van der Waals surface area contributed by atoms with Gasteiger partial charge in [-0.05, 0) is 37.6 Å². The number of benzene rings is 1.